The molecule has 0 saturated carbocycles. The Morgan fingerprint density at radius 3 is 2.55 bits per heavy atom. The van der Waals surface area contributed by atoms with Crippen LogP contribution in [-0.2, 0) is 6.42 Å². The summed E-state index contributed by atoms with van der Waals surface area (Å²) in [6.07, 6.45) is 15.0. The predicted octanol–water partition coefficient (Wildman–Crippen LogP) is 8.12. The Bertz CT molecular complexity index is 1280. The van der Waals surface area contributed by atoms with Crippen molar-refractivity contribution >= 4 is 17.2 Å². The number of pyridine rings is 1. The molecule has 1 aliphatic carbocycles. The van der Waals surface area contributed by atoms with Crippen molar-refractivity contribution in [2.75, 3.05) is 13.1 Å². The van der Waals surface area contributed by atoms with Gasteiger partial charge >= 0.3 is 0 Å². The summed E-state index contributed by atoms with van der Waals surface area (Å²) in [6.45, 7) is 8.59. The number of hydrogen-bond donors (Lipinski definition) is 0. The number of benzene rings is 1. The third-order valence-electron chi connectivity index (χ3n) is 7.24. The van der Waals surface area contributed by atoms with Crippen molar-refractivity contribution in [1.29, 1.82) is 0 Å². The Morgan fingerprint density at radius 1 is 1.05 bits per heavy atom. The number of halogens is 1. The fourth-order valence-corrected chi connectivity index (χ4v) is 5.26. The maximum absolute atomic E-state index is 6.18. The van der Waals surface area contributed by atoms with Crippen LogP contribution in [-0.4, -0.2) is 38.8 Å². The standard InChI is InChI=1S/C31H33ClN4.C2H6/c1-24(16-17-25-9-3-2-4-10-25)35-21-18-27(19-22-35)30-23-29(26-11-7-13-28(32)14-8-12-26)34-36(30)31-15-5-6-20-33-31;1-2/h2-11,14-15,20,23-24,27H,13,16-19,21-22H2,1H3;1-2H3/b11-7-,28-14+;. The minimum Gasteiger partial charge on any atom is -0.301 e. The SMILES string of the molecule is CC.CC(CCc1ccccc1)N1CCC(c2cc(C3=C=C/C=C(/Cl)C/C=C\3)nn2-c2ccccn2)CC1. The molecule has 0 radical (unpaired) electrons. The Labute approximate surface area is 233 Å². The number of aromatic nitrogens is 3. The molecule has 1 unspecified atom stereocenters. The van der Waals surface area contributed by atoms with Gasteiger partial charge in [0.25, 0.3) is 0 Å². The van der Waals surface area contributed by atoms with Crippen LogP contribution >= 0.6 is 11.6 Å². The van der Waals surface area contributed by atoms with Crippen molar-refractivity contribution in [2.24, 2.45) is 0 Å². The van der Waals surface area contributed by atoms with E-state index in [1.54, 1.807) is 0 Å². The monoisotopic (exact) mass is 526 g/mol. The smallest absolute Gasteiger partial charge is 0.153 e. The van der Waals surface area contributed by atoms with E-state index in [-0.39, 0.29) is 0 Å². The van der Waals surface area contributed by atoms with Gasteiger partial charge in [-0.1, -0.05) is 67.9 Å². The van der Waals surface area contributed by atoms with Crippen LogP contribution in [0.4, 0.5) is 0 Å². The first-order chi connectivity index (χ1) is 18.7. The summed E-state index contributed by atoms with van der Waals surface area (Å²) in [6, 6.07) is 19.6. The minimum atomic E-state index is 0.447. The van der Waals surface area contributed by atoms with Gasteiger partial charge in [0.05, 0.1) is 0 Å². The van der Waals surface area contributed by atoms with Crippen LogP contribution < -0.4 is 0 Å². The molecule has 1 aromatic carbocycles. The maximum atomic E-state index is 6.18. The minimum absolute atomic E-state index is 0.447. The molecule has 0 spiro atoms. The molecule has 1 saturated heterocycles. The van der Waals surface area contributed by atoms with Crippen LogP contribution in [0, 0.1) is 0 Å². The lowest BCUT2D eigenvalue weighted by molar-refractivity contribution is 0.153. The van der Waals surface area contributed by atoms with Gasteiger partial charge in [0, 0.05) is 40.9 Å². The van der Waals surface area contributed by atoms with Gasteiger partial charge in [0.1, 0.15) is 5.69 Å². The normalized spacial score (nSPS) is 19.3. The molecule has 1 aliphatic heterocycles. The van der Waals surface area contributed by atoms with Crippen molar-refractivity contribution < 1.29 is 0 Å². The molecule has 1 atom stereocenters. The lowest BCUT2D eigenvalue weighted by Crippen LogP contribution is -2.40. The number of likely N-dealkylation sites (tertiary alicyclic amines) is 1. The van der Waals surface area contributed by atoms with E-state index in [0.717, 1.165) is 60.9 Å². The molecule has 38 heavy (non-hydrogen) atoms. The van der Waals surface area contributed by atoms with Crippen molar-refractivity contribution in [1.82, 2.24) is 19.7 Å². The first-order valence-corrected chi connectivity index (χ1v) is 14.3. The second-order valence-electron chi connectivity index (χ2n) is 9.68. The van der Waals surface area contributed by atoms with Gasteiger partial charge in [-0.3, -0.25) is 0 Å². The average molecular weight is 527 g/mol. The van der Waals surface area contributed by atoms with Crippen LogP contribution in [0.25, 0.3) is 11.4 Å². The van der Waals surface area contributed by atoms with E-state index in [0.29, 0.717) is 12.0 Å². The third kappa shape index (κ3) is 7.23. The molecule has 0 N–H and O–H groups in total. The molecule has 1 fully saturated rings. The molecular weight excluding hydrogens is 488 g/mol. The van der Waals surface area contributed by atoms with Gasteiger partial charge in [-0.2, -0.15) is 5.10 Å². The zero-order chi connectivity index (χ0) is 26.7. The van der Waals surface area contributed by atoms with Crippen molar-refractivity contribution in [3.63, 3.8) is 0 Å². The number of hydrogen-bond acceptors (Lipinski definition) is 3. The Hall–Kier alpha value is -3.17. The Kier molecular flexibility index (Phi) is 10.3. The zero-order valence-electron chi connectivity index (χ0n) is 22.9. The predicted molar refractivity (Wildman–Crippen MR) is 160 cm³/mol. The fraction of sp³-hybridized carbons (Fsp3) is 0.364. The molecule has 5 heteroatoms. The number of allylic oxidation sites excluding steroid dienone is 5. The van der Waals surface area contributed by atoms with Gasteiger partial charge in [-0.05, 0) is 87.7 Å². The first kappa shape index (κ1) is 27.9. The average Bonchev–Trinajstić information content (AvgIpc) is 3.41. The summed E-state index contributed by atoms with van der Waals surface area (Å²) in [5.74, 6) is 1.31. The quantitative estimate of drug-likeness (QED) is 0.291. The second-order valence-corrected chi connectivity index (χ2v) is 10.2. The molecule has 2 aliphatic rings. The van der Waals surface area contributed by atoms with Crippen molar-refractivity contribution in [2.45, 2.75) is 64.8 Å². The van der Waals surface area contributed by atoms with Crippen molar-refractivity contribution in [3.05, 3.63) is 113 Å². The molecule has 4 nitrogen and oxygen atoms in total. The van der Waals surface area contributed by atoms with E-state index in [2.05, 4.69) is 71.1 Å². The molecule has 0 amide bonds. The van der Waals surface area contributed by atoms with Gasteiger partial charge in [0.2, 0.25) is 0 Å². The highest BCUT2D eigenvalue weighted by Crippen LogP contribution is 2.32. The molecule has 2 aromatic heterocycles. The molecule has 5 rings (SSSR count). The zero-order valence-corrected chi connectivity index (χ0v) is 23.6. The Morgan fingerprint density at radius 2 is 1.82 bits per heavy atom. The molecule has 3 aromatic rings. The highest BCUT2D eigenvalue weighted by atomic mass is 35.5. The van der Waals surface area contributed by atoms with Crippen LogP contribution in [0.5, 0.6) is 0 Å². The van der Waals surface area contributed by atoms with E-state index < -0.39 is 0 Å². The highest BCUT2D eigenvalue weighted by Gasteiger charge is 2.27. The summed E-state index contributed by atoms with van der Waals surface area (Å²) < 4.78 is 2.04. The number of piperidine rings is 1. The topological polar surface area (TPSA) is 34.0 Å². The van der Waals surface area contributed by atoms with Crippen LogP contribution in [0.15, 0.2) is 95.9 Å². The molecular formula is C33H39ClN4. The fourth-order valence-electron chi connectivity index (χ4n) is 5.11. The van der Waals surface area contributed by atoms with Crippen molar-refractivity contribution in [3.8, 4) is 5.82 Å². The summed E-state index contributed by atoms with van der Waals surface area (Å²) in [5, 5.41) is 5.81. The molecule has 0 bridgehead atoms. The van der Waals surface area contributed by atoms with Crippen LogP contribution in [0.2, 0.25) is 0 Å². The third-order valence-corrected chi connectivity index (χ3v) is 7.52. The Balaban J connectivity index is 0.00000164. The van der Waals surface area contributed by atoms with E-state index in [9.17, 15) is 0 Å². The summed E-state index contributed by atoms with van der Waals surface area (Å²) in [7, 11) is 0. The van der Waals surface area contributed by atoms with E-state index >= 15 is 0 Å². The summed E-state index contributed by atoms with van der Waals surface area (Å²) >= 11 is 6.18. The van der Waals surface area contributed by atoms with E-state index in [1.165, 1.54) is 17.7 Å². The summed E-state index contributed by atoms with van der Waals surface area (Å²) in [5.41, 5.74) is 7.91. The first-order valence-electron chi connectivity index (χ1n) is 13.9. The largest absolute Gasteiger partial charge is 0.301 e. The van der Waals surface area contributed by atoms with Gasteiger partial charge < -0.3 is 4.90 Å². The van der Waals surface area contributed by atoms with Crippen LogP contribution in [0.3, 0.4) is 0 Å². The van der Waals surface area contributed by atoms with Gasteiger partial charge in [-0.15, -0.1) is 5.73 Å². The van der Waals surface area contributed by atoms with Crippen LogP contribution in [0.1, 0.15) is 69.3 Å². The van der Waals surface area contributed by atoms with Gasteiger partial charge in [-0.25, -0.2) is 9.67 Å². The highest BCUT2D eigenvalue weighted by molar-refractivity contribution is 6.29. The second kappa shape index (κ2) is 14.1. The lowest BCUT2D eigenvalue weighted by Gasteiger charge is -2.36. The van der Waals surface area contributed by atoms with Gasteiger partial charge in [0.15, 0.2) is 5.82 Å². The van der Waals surface area contributed by atoms with E-state index in [4.69, 9.17) is 16.7 Å². The molecule has 198 valence electrons. The van der Waals surface area contributed by atoms with E-state index in [1.807, 2.05) is 55.1 Å². The summed E-state index contributed by atoms with van der Waals surface area (Å²) in [4.78, 5) is 7.26. The number of aryl methyl sites for hydroxylation is 1. The number of nitrogens with zero attached hydrogens (tertiary/aromatic N) is 4. The number of rotatable bonds is 7. The molecule has 3 heterocycles. The lowest BCUT2D eigenvalue weighted by atomic mass is 9.91. The maximum Gasteiger partial charge on any atom is 0.153 e.